The summed E-state index contributed by atoms with van der Waals surface area (Å²) < 4.78 is 25.6. The summed E-state index contributed by atoms with van der Waals surface area (Å²) in [6.07, 6.45) is 1.34. The predicted octanol–water partition coefficient (Wildman–Crippen LogP) is 5.84. The maximum absolute atomic E-state index is 12.8. The number of hydrogen-bond donors (Lipinski definition) is 1. The van der Waals surface area contributed by atoms with Gasteiger partial charge in [-0.1, -0.05) is 59.6 Å². The summed E-state index contributed by atoms with van der Waals surface area (Å²) in [6, 6.07) is 23.3. The highest BCUT2D eigenvalue weighted by Crippen LogP contribution is 2.42. The third-order valence-corrected chi connectivity index (χ3v) is 8.15. The van der Waals surface area contributed by atoms with Crippen LogP contribution in [0.1, 0.15) is 28.0 Å². The zero-order chi connectivity index (χ0) is 22.9. The second kappa shape index (κ2) is 9.44. The minimum absolute atomic E-state index is 0.00429. The molecule has 1 saturated heterocycles. The highest BCUT2D eigenvalue weighted by molar-refractivity contribution is 7.90. The van der Waals surface area contributed by atoms with Crippen LogP contribution in [0, 0.1) is 5.92 Å². The first-order valence-electron chi connectivity index (χ1n) is 10.5. The van der Waals surface area contributed by atoms with E-state index in [0.717, 1.165) is 22.4 Å². The van der Waals surface area contributed by atoms with Crippen molar-refractivity contribution >= 4 is 38.7 Å². The molecule has 0 spiro atoms. The fourth-order valence-electron chi connectivity index (χ4n) is 4.60. The summed E-state index contributed by atoms with van der Waals surface area (Å²) in [5.41, 5.74) is 3.97. The maximum atomic E-state index is 12.8. The first-order chi connectivity index (χ1) is 15.3. The zero-order valence-electron chi connectivity index (χ0n) is 18.0. The smallest absolute Gasteiger partial charge is 0.154 e. The van der Waals surface area contributed by atoms with E-state index in [1.165, 1.54) is 6.26 Å². The van der Waals surface area contributed by atoms with E-state index in [2.05, 4.69) is 10.2 Å². The largest absolute Gasteiger partial charge is 0.388 e. The lowest BCUT2D eigenvalue weighted by molar-refractivity contribution is 0.0655. The Morgan fingerprint density at radius 2 is 1.41 bits per heavy atom. The third kappa shape index (κ3) is 4.96. The Morgan fingerprint density at radius 3 is 1.88 bits per heavy atom. The summed E-state index contributed by atoms with van der Waals surface area (Å²) in [7, 11) is -1.45. The fraction of sp³-hybridized carbons (Fsp3) is 0.280. The van der Waals surface area contributed by atoms with Crippen molar-refractivity contribution < 1.29 is 8.42 Å². The number of halogens is 2. The second-order valence-electron chi connectivity index (χ2n) is 8.35. The standard InChI is InChI=1S/C25H26Cl2N2O2S/c1-28-23-5-3-4-19(14-23)25(32(2,30)31)20-15-29(16-20)24(17-6-10-21(26)11-7-17)18-8-12-22(27)13-9-18/h3-14,20,24-25,28H,15-16H2,1-2H3. The molecule has 0 aliphatic carbocycles. The van der Waals surface area contributed by atoms with E-state index in [1.807, 2.05) is 79.8 Å². The molecule has 168 valence electrons. The van der Waals surface area contributed by atoms with Gasteiger partial charge in [0.25, 0.3) is 0 Å². The van der Waals surface area contributed by atoms with Gasteiger partial charge in [-0.2, -0.15) is 0 Å². The van der Waals surface area contributed by atoms with Crippen LogP contribution in [0.3, 0.4) is 0 Å². The number of nitrogens with zero attached hydrogens (tertiary/aromatic N) is 1. The minimum atomic E-state index is -3.28. The number of rotatable bonds is 7. The van der Waals surface area contributed by atoms with Crippen LogP contribution < -0.4 is 5.32 Å². The summed E-state index contributed by atoms with van der Waals surface area (Å²) in [6.45, 7) is 1.36. The molecule has 0 saturated carbocycles. The van der Waals surface area contributed by atoms with Gasteiger partial charge < -0.3 is 5.32 Å². The average Bonchev–Trinajstić information content (AvgIpc) is 2.73. The molecule has 4 nitrogen and oxygen atoms in total. The lowest BCUT2D eigenvalue weighted by atomic mass is 9.86. The topological polar surface area (TPSA) is 49.4 Å². The van der Waals surface area contributed by atoms with E-state index in [1.54, 1.807) is 0 Å². The molecule has 1 fully saturated rings. The van der Waals surface area contributed by atoms with Crippen molar-refractivity contribution in [2.75, 3.05) is 31.7 Å². The van der Waals surface area contributed by atoms with Gasteiger partial charge in [0.15, 0.2) is 9.84 Å². The van der Waals surface area contributed by atoms with Crippen LogP contribution in [-0.2, 0) is 9.84 Å². The van der Waals surface area contributed by atoms with Crippen LogP contribution in [0.25, 0.3) is 0 Å². The number of hydrogen-bond acceptors (Lipinski definition) is 4. The Morgan fingerprint density at radius 1 is 0.875 bits per heavy atom. The van der Waals surface area contributed by atoms with E-state index in [0.29, 0.717) is 23.1 Å². The summed E-state index contributed by atoms with van der Waals surface area (Å²) >= 11 is 12.2. The van der Waals surface area contributed by atoms with Gasteiger partial charge in [-0.25, -0.2) is 8.42 Å². The fourth-order valence-corrected chi connectivity index (χ4v) is 6.36. The molecule has 7 heteroatoms. The van der Waals surface area contributed by atoms with Gasteiger partial charge >= 0.3 is 0 Å². The molecule has 0 radical (unpaired) electrons. The monoisotopic (exact) mass is 488 g/mol. The zero-order valence-corrected chi connectivity index (χ0v) is 20.3. The SMILES string of the molecule is CNc1cccc(C(C2CN(C(c3ccc(Cl)cc3)c3ccc(Cl)cc3)C2)S(C)(=O)=O)c1. The number of likely N-dealkylation sites (tertiary alicyclic amines) is 1. The Kier molecular flexibility index (Phi) is 6.82. The van der Waals surface area contributed by atoms with Crippen LogP contribution >= 0.6 is 23.2 Å². The van der Waals surface area contributed by atoms with Gasteiger partial charge in [-0.3, -0.25) is 4.90 Å². The molecular weight excluding hydrogens is 463 g/mol. The molecule has 1 unspecified atom stereocenters. The van der Waals surface area contributed by atoms with Crippen molar-refractivity contribution in [1.29, 1.82) is 0 Å². The van der Waals surface area contributed by atoms with Crippen molar-refractivity contribution in [3.8, 4) is 0 Å². The highest BCUT2D eigenvalue weighted by Gasteiger charge is 2.42. The molecular formula is C25H26Cl2N2O2S. The highest BCUT2D eigenvalue weighted by atomic mass is 35.5. The van der Waals surface area contributed by atoms with E-state index in [9.17, 15) is 8.42 Å². The van der Waals surface area contributed by atoms with Crippen LogP contribution in [-0.4, -0.2) is 39.7 Å². The Balaban J connectivity index is 1.63. The molecule has 4 rings (SSSR count). The molecule has 1 aliphatic rings. The molecule has 1 heterocycles. The van der Waals surface area contributed by atoms with Gasteiger partial charge in [0, 0.05) is 48.0 Å². The van der Waals surface area contributed by atoms with Gasteiger partial charge in [-0.15, -0.1) is 0 Å². The third-order valence-electron chi connectivity index (χ3n) is 6.07. The lowest BCUT2D eigenvalue weighted by Crippen LogP contribution is -2.52. The quantitative estimate of drug-likeness (QED) is 0.453. The van der Waals surface area contributed by atoms with Gasteiger partial charge in [0.1, 0.15) is 0 Å². The van der Waals surface area contributed by atoms with E-state index >= 15 is 0 Å². The molecule has 1 aliphatic heterocycles. The van der Waals surface area contributed by atoms with Crippen molar-refractivity contribution in [3.05, 3.63) is 99.5 Å². The van der Waals surface area contributed by atoms with Crippen LogP contribution in [0.5, 0.6) is 0 Å². The van der Waals surface area contributed by atoms with Gasteiger partial charge in [0.2, 0.25) is 0 Å². The maximum Gasteiger partial charge on any atom is 0.154 e. The van der Waals surface area contributed by atoms with Gasteiger partial charge in [-0.05, 0) is 53.1 Å². The molecule has 1 N–H and O–H groups in total. The van der Waals surface area contributed by atoms with Gasteiger partial charge in [0.05, 0.1) is 11.3 Å². The molecule has 1 atom stereocenters. The molecule has 0 bridgehead atoms. The first-order valence-corrected chi connectivity index (χ1v) is 13.2. The van der Waals surface area contributed by atoms with E-state index < -0.39 is 15.1 Å². The molecule has 0 amide bonds. The van der Waals surface area contributed by atoms with E-state index in [4.69, 9.17) is 23.2 Å². The molecule has 32 heavy (non-hydrogen) atoms. The number of sulfone groups is 1. The number of benzene rings is 3. The Labute approximate surface area is 200 Å². The predicted molar refractivity (Wildman–Crippen MR) is 133 cm³/mol. The van der Waals surface area contributed by atoms with Crippen LogP contribution in [0.4, 0.5) is 5.69 Å². The summed E-state index contributed by atoms with van der Waals surface area (Å²) in [4.78, 5) is 2.32. The normalized spacial score (nSPS) is 16.0. The van der Waals surface area contributed by atoms with Crippen molar-refractivity contribution in [3.63, 3.8) is 0 Å². The second-order valence-corrected chi connectivity index (χ2v) is 11.4. The summed E-state index contributed by atoms with van der Waals surface area (Å²) in [5, 5.41) is 3.94. The lowest BCUT2D eigenvalue weighted by Gasteiger charge is -2.47. The minimum Gasteiger partial charge on any atom is -0.388 e. The Hall–Kier alpha value is -2.05. The molecule has 3 aromatic carbocycles. The van der Waals surface area contributed by atoms with Crippen LogP contribution in [0.2, 0.25) is 10.0 Å². The molecule has 3 aromatic rings. The summed E-state index contributed by atoms with van der Waals surface area (Å²) in [5.74, 6) is 0.0132. The van der Waals surface area contributed by atoms with Crippen molar-refractivity contribution in [2.24, 2.45) is 5.92 Å². The first kappa shape index (κ1) is 23.1. The van der Waals surface area contributed by atoms with E-state index in [-0.39, 0.29) is 12.0 Å². The van der Waals surface area contributed by atoms with Crippen molar-refractivity contribution in [1.82, 2.24) is 4.90 Å². The number of anilines is 1. The molecule has 0 aromatic heterocycles. The Bertz CT molecular complexity index is 1130. The van der Waals surface area contributed by atoms with Crippen molar-refractivity contribution in [2.45, 2.75) is 11.3 Å². The van der Waals surface area contributed by atoms with Crippen LogP contribution in [0.15, 0.2) is 72.8 Å². The average molecular weight is 489 g/mol. The number of nitrogens with one attached hydrogen (secondary N) is 1.